The predicted octanol–water partition coefficient (Wildman–Crippen LogP) is 3.92. The third-order valence-electron chi connectivity index (χ3n) is 4.91. The van der Waals surface area contributed by atoms with Gasteiger partial charge < -0.3 is 15.1 Å². The van der Waals surface area contributed by atoms with Gasteiger partial charge in [0.05, 0.1) is 11.4 Å². The summed E-state index contributed by atoms with van der Waals surface area (Å²) in [6.07, 6.45) is 1.44. The fourth-order valence-corrected chi connectivity index (χ4v) is 3.75. The molecular formula is C22H25ClN4O2S. The van der Waals surface area contributed by atoms with Gasteiger partial charge >= 0.3 is 0 Å². The maximum absolute atomic E-state index is 12.3. The minimum Gasteiger partial charge on any atom is -0.366 e. The molecule has 8 heteroatoms. The van der Waals surface area contributed by atoms with E-state index in [9.17, 15) is 9.59 Å². The van der Waals surface area contributed by atoms with Crippen LogP contribution >= 0.6 is 23.8 Å². The first-order valence-electron chi connectivity index (χ1n) is 9.97. The fourth-order valence-electron chi connectivity index (χ4n) is 3.37. The van der Waals surface area contributed by atoms with Gasteiger partial charge in [0.25, 0.3) is 5.91 Å². The van der Waals surface area contributed by atoms with Crippen LogP contribution in [0.2, 0.25) is 5.02 Å². The van der Waals surface area contributed by atoms with Crippen LogP contribution in [0.15, 0.2) is 48.5 Å². The number of halogens is 1. The number of thiocarbonyl (C=S) groups is 1. The second-order valence-corrected chi connectivity index (χ2v) is 7.90. The highest BCUT2D eigenvalue weighted by atomic mass is 35.5. The Kier molecular flexibility index (Phi) is 7.65. The van der Waals surface area contributed by atoms with Crippen molar-refractivity contribution < 1.29 is 9.59 Å². The van der Waals surface area contributed by atoms with Crippen molar-refractivity contribution in [2.45, 2.75) is 19.8 Å². The van der Waals surface area contributed by atoms with Crippen LogP contribution in [0.5, 0.6) is 0 Å². The molecule has 1 aliphatic heterocycles. The van der Waals surface area contributed by atoms with E-state index in [1.165, 1.54) is 0 Å². The topological polar surface area (TPSA) is 64.7 Å². The van der Waals surface area contributed by atoms with Crippen LogP contribution in [-0.4, -0.2) is 48.0 Å². The average molecular weight is 445 g/mol. The van der Waals surface area contributed by atoms with Gasteiger partial charge in [0.15, 0.2) is 5.11 Å². The van der Waals surface area contributed by atoms with E-state index in [4.69, 9.17) is 23.8 Å². The zero-order chi connectivity index (χ0) is 21.5. The molecule has 1 heterocycles. The molecule has 158 valence electrons. The van der Waals surface area contributed by atoms with E-state index in [2.05, 4.69) is 15.5 Å². The minimum absolute atomic E-state index is 0.198. The van der Waals surface area contributed by atoms with Crippen molar-refractivity contribution >= 4 is 52.1 Å². The Labute approximate surface area is 187 Å². The molecule has 2 aromatic carbocycles. The SMILES string of the molecule is CCCC(=O)N1CCN(c2ccc(Cl)cc2NC(=S)NC(=O)c2ccccc2)CC1. The van der Waals surface area contributed by atoms with E-state index < -0.39 is 0 Å². The normalized spacial score (nSPS) is 13.7. The van der Waals surface area contributed by atoms with Gasteiger partial charge in [-0.15, -0.1) is 0 Å². The number of carbonyl (C=O) groups excluding carboxylic acids is 2. The van der Waals surface area contributed by atoms with Crippen molar-refractivity contribution in [1.29, 1.82) is 0 Å². The van der Waals surface area contributed by atoms with Gasteiger partial charge in [-0.3, -0.25) is 14.9 Å². The summed E-state index contributed by atoms with van der Waals surface area (Å²) in [5.74, 6) is -0.0730. The van der Waals surface area contributed by atoms with Crippen LogP contribution in [0.4, 0.5) is 11.4 Å². The van der Waals surface area contributed by atoms with Crippen molar-refractivity contribution in [1.82, 2.24) is 10.2 Å². The second-order valence-electron chi connectivity index (χ2n) is 7.05. The Morgan fingerprint density at radius 3 is 2.43 bits per heavy atom. The van der Waals surface area contributed by atoms with E-state index >= 15 is 0 Å². The zero-order valence-corrected chi connectivity index (χ0v) is 18.4. The number of rotatable bonds is 5. The number of hydrogen-bond acceptors (Lipinski definition) is 4. The molecule has 0 bridgehead atoms. The number of hydrogen-bond donors (Lipinski definition) is 2. The van der Waals surface area contributed by atoms with Crippen LogP contribution < -0.4 is 15.5 Å². The number of piperazine rings is 1. The van der Waals surface area contributed by atoms with Gasteiger partial charge in [0.1, 0.15) is 0 Å². The molecule has 1 fully saturated rings. The van der Waals surface area contributed by atoms with Crippen molar-refractivity contribution in [2.24, 2.45) is 0 Å². The molecule has 6 nitrogen and oxygen atoms in total. The lowest BCUT2D eigenvalue weighted by atomic mass is 10.2. The van der Waals surface area contributed by atoms with E-state index in [0.29, 0.717) is 35.8 Å². The number of nitrogens with zero attached hydrogens (tertiary/aromatic N) is 2. The maximum Gasteiger partial charge on any atom is 0.257 e. The summed E-state index contributed by atoms with van der Waals surface area (Å²) in [6.45, 7) is 4.80. The maximum atomic E-state index is 12.3. The van der Waals surface area contributed by atoms with Gasteiger partial charge in [-0.05, 0) is 49.0 Å². The lowest BCUT2D eigenvalue weighted by Crippen LogP contribution is -2.49. The van der Waals surface area contributed by atoms with E-state index in [1.54, 1.807) is 30.3 Å². The molecule has 2 N–H and O–H groups in total. The Bertz CT molecular complexity index is 915. The van der Waals surface area contributed by atoms with Crippen LogP contribution in [0, 0.1) is 0 Å². The molecule has 0 radical (unpaired) electrons. The Hall–Kier alpha value is -2.64. The first kappa shape index (κ1) is 22.1. The first-order valence-corrected chi connectivity index (χ1v) is 10.8. The van der Waals surface area contributed by atoms with Crippen LogP contribution in [-0.2, 0) is 4.79 Å². The number of anilines is 2. The van der Waals surface area contributed by atoms with Crippen LogP contribution in [0.1, 0.15) is 30.1 Å². The van der Waals surface area contributed by atoms with Crippen molar-refractivity contribution in [3.63, 3.8) is 0 Å². The monoisotopic (exact) mass is 444 g/mol. The summed E-state index contributed by atoms with van der Waals surface area (Å²) in [7, 11) is 0. The van der Waals surface area contributed by atoms with Crippen molar-refractivity contribution in [2.75, 3.05) is 36.4 Å². The molecule has 0 atom stereocenters. The predicted molar refractivity (Wildman–Crippen MR) is 125 cm³/mol. The third-order valence-corrected chi connectivity index (χ3v) is 5.35. The van der Waals surface area contributed by atoms with Crippen molar-refractivity contribution in [3.8, 4) is 0 Å². The quantitative estimate of drug-likeness (QED) is 0.684. The molecule has 1 saturated heterocycles. The van der Waals surface area contributed by atoms with Gasteiger partial charge in [-0.25, -0.2) is 0 Å². The average Bonchev–Trinajstić information content (AvgIpc) is 2.75. The Morgan fingerprint density at radius 1 is 1.07 bits per heavy atom. The van der Waals surface area contributed by atoms with Crippen molar-refractivity contribution in [3.05, 3.63) is 59.1 Å². The standard InChI is InChI=1S/C22H25ClN4O2S/c1-2-6-20(28)27-13-11-26(12-14-27)19-10-9-17(23)15-18(19)24-22(30)25-21(29)16-7-4-3-5-8-16/h3-5,7-10,15H,2,6,11-14H2,1H3,(H2,24,25,29,30). The zero-order valence-electron chi connectivity index (χ0n) is 16.9. The molecule has 0 saturated carbocycles. The van der Waals surface area contributed by atoms with Crippen LogP contribution in [0.25, 0.3) is 0 Å². The first-order chi connectivity index (χ1) is 14.5. The van der Waals surface area contributed by atoms with Gasteiger partial charge in [-0.2, -0.15) is 0 Å². The summed E-state index contributed by atoms with van der Waals surface area (Å²) < 4.78 is 0. The highest BCUT2D eigenvalue weighted by molar-refractivity contribution is 7.80. The summed E-state index contributed by atoms with van der Waals surface area (Å²) in [5.41, 5.74) is 2.17. The summed E-state index contributed by atoms with van der Waals surface area (Å²) in [4.78, 5) is 28.6. The molecule has 0 spiro atoms. The molecule has 1 aliphatic rings. The van der Waals surface area contributed by atoms with Gasteiger partial charge in [0, 0.05) is 43.2 Å². The van der Waals surface area contributed by atoms with Crippen LogP contribution in [0.3, 0.4) is 0 Å². The molecule has 3 rings (SSSR count). The highest BCUT2D eigenvalue weighted by Gasteiger charge is 2.22. The second kappa shape index (κ2) is 10.4. The van der Waals surface area contributed by atoms with E-state index in [0.717, 1.165) is 25.2 Å². The molecule has 2 aromatic rings. The molecular weight excluding hydrogens is 420 g/mol. The third kappa shape index (κ3) is 5.70. The van der Waals surface area contributed by atoms with Gasteiger partial charge in [0.2, 0.25) is 5.91 Å². The fraction of sp³-hybridized carbons (Fsp3) is 0.318. The number of carbonyl (C=O) groups is 2. The largest absolute Gasteiger partial charge is 0.366 e. The molecule has 2 amide bonds. The Morgan fingerprint density at radius 2 is 1.77 bits per heavy atom. The molecule has 0 aromatic heterocycles. The number of amides is 2. The van der Waals surface area contributed by atoms with E-state index in [-0.39, 0.29) is 16.9 Å². The van der Waals surface area contributed by atoms with Gasteiger partial charge in [-0.1, -0.05) is 36.7 Å². The minimum atomic E-state index is -0.278. The smallest absolute Gasteiger partial charge is 0.257 e. The number of benzene rings is 2. The molecule has 30 heavy (non-hydrogen) atoms. The molecule has 0 aliphatic carbocycles. The summed E-state index contributed by atoms with van der Waals surface area (Å²) >= 11 is 11.5. The summed E-state index contributed by atoms with van der Waals surface area (Å²) in [5, 5.41) is 6.56. The van der Waals surface area contributed by atoms with E-state index in [1.807, 2.05) is 30.0 Å². The Balaban J connectivity index is 1.66. The lowest BCUT2D eigenvalue weighted by molar-refractivity contribution is -0.131. The molecule has 0 unspecified atom stereocenters. The highest BCUT2D eigenvalue weighted by Crippen LogP contribution is 2.30. The number of nitrogens with one attached hydrogen (secondary N) is 2. The lowest BCUT2D eigenvalue weighted by Gasteiger charge is -2.37. The summed E-state index contributed by atoms with van der Waals surface area (Å²) in [6, 6.07) is 14.4.